The summed E-state index contributed by atoms with van der Waals surface area (Å²) >= 11 is 5.94. The van der Waals surface area contributed by atoms with E-state index < -0.39 is 17.8 Å². The highest BCUT2D eigenvalue weighted by molar-refractivity contribution is 6.33. The number of hydrogen-bond donors (Lipinski definition) is 1. The van der Waals surface area contributed by atoms with Crippen LogP contribution in [0.5, 0.6) is 0 Å². The molecule has 1 aliphatic heterocycles. The van der Waals surface area contributed by atoms with Gasteiger partial charge in [-0.15, -0.1) is 0 Å². The van der Waals surface area contributed by atoms with Crippen LogP contribution in [0.25, 0.3) is 0 Å². The standard InChI is InChI=1S/C17H22ClFN2O3/c1-11(2)10-24-17(23)20-12-6-8-21(9-7-12)16(22)15-13(18)4-3-5-14(15)19/h3-5,11-12H,6-10H2,1-2H3,(H,20,23). The Bertz CT molecular complexity index is 581. The fourth-order valence-electron chi connectivity index (χ4n) is 2.54. The minimum absolute atomic E-state index is 0.0511. The number of nitrogens with zero attached hydrogens (tertiary/aromatic N) is 1. The molecule has 2 rings (SSSR count). The first-order valence-corrected chi connectivity index (χ1v) is 8.43. The molecule has 0 atom stereocenters. The van der Waals surface area contributed by atoms with E-state index in [0.29, 0.717) is 32.5 Å². The highest BCUT2D eigenvalue weighted by Gasteiger charge is 2.27. The summed E-state index contributed by atoms with van der Waals surface area (Å²) in [5.74, 6) is -0.760. The van der Waals surface area contributed by atoms with E-state index >= 15 is 0 Å². The van der Waals surface area contributed by atoms with Crippen LogP contribution in [-0.2, 0) is 4.74 Å². The van der Waals surface area contributed by atoms with Gasteiger partial charge in [0.2, 0.25) is 0 Å². The van der Waals surface area contributed by atoms with E-state index in [4.69, 9.17) is 16.3 Å². The zero-order valence-corrected chi connectivity index (χ0v) is 14.6. The van der Waals surface area contributed by atoms with Gasteiger partial charge in [-0.25, -0.2) is 9.18 Å². The summed E-state index contributed by atoms with van der Waals surface area (Å²) in [5.41, 5.74) is -0.0954. The minimum Gasteiger partial charge on any atom is -0.449 e. The summed E-state index contributed by atoms with van der Waals surface area (Å²) in [6, 6.07) is 4.13. The molecule has 2 amide bonds. The van der Waals surface area contributed by atoms with E-state index in [9.17, 15) is 14.0 Å². The zero-order chi connectivity index (χ0) is 17.7. The van der Waals surface area contributed by atoms with Crippen molar-refractivity contribution >= 4 is 23.6 Å². The first kappa shape index (κ1) is 18.5. The van der Waals surface area contributed by atoms with Gasteiger partial charge in [0.25, 0.3) is 5.91 Å². The maximum atomic E-state index is 13.8. The molecule has 1 saturated heterocycles. The SMILES string of the molecule is CC(C)COC(=O)NC1CCN(C(=O)c2c(F)cccc2Cl)CC1. The number of halogens is 2. The average molecular weight is 357 g/mol. The van der Waals surface area contributed by atoms with Gasteiger partial charge in [0, 0.05) is 19.1 Å². The van der Waals surface area contributed by atoms with Crippen LogP contribution in [0, 0.1) is 11.7 Å². The van der Waals surface area contributed by atoms with Crippen LogP contribution >= 0.6 is 11.6 Å². The van der Waals surface area contributed by atoms with Gasteiger partial charge in [0.1, 0.15) is 5.82 Å². The van der Waals surface area contributed by atoms with Gasteiger partial charge in [0.15, 0.2) is 0 Å². The average Bonchev–Trinajstić information content (AvgIpc) is 2.53. The number of likely N-dealkylation sites (tertiary alicyclic amines) is 1. The number of nitrogens with one attached hydrogen (secondary N) is 1. The highest BCUT2D eigenvalue weighted by Crippen LogP contribution is 2.22. The third-order valence-electron chi connectivity index (χ3n) is 3.83. The molecule has 0 unspecified atom stereocenters. The first-order chi connectivity index (χ1) is 11.4. The van der Waals surface area contributed by atoms with E-state index in [1.807, 2.05) is 13.8 Å². The Morgan fingerprint density at radius 2 is 2.04 bits per heavy atom. The summed E-state index contributed by atoms with van der Waals surface area (Å²) in [6.07, 6.45) is 0.744. The summed E-state index contributed by atoms with van der Waals surface area (Å²) < 4.78 is 18.9. The van der Waals surface area contributed by atoms with E-state index in [0.717, 1.165) is 0 Å². The van der Waals surface area contributed by atoms with Gasteiger partial charge in [-0.3, -0.25) is 4.79 Å². The lowest BCUT2D eigenvalue weighted by atomic mass is 10.0. The predicted octanol–water partition coefficient (Wildman–Crippen LogP) is 3.47. The number of carbonyl (C=O) groups is 2. The Labute approximate surface area is 146 Å². The first-order valence-electron chi connectivity index (χ1n) is 8.05. The van der Waals surface area contributed by atoms with Gasteiger partial charge in [0.05, 0.1) is 17.2 Å². The minimum atomic E-state index is -0.620. The topological polar surface area (TPSA) is 58.6 Å². The summed E-state index contributed by atoms with van der Waals surface area (Å²) in [7, 11) is 0. The lowest BCUT2D eigenvalue weighted by Gasteiger charge is -2.32. The molecule has 5 nitrogen and oxygen atoms in total. The second-order valence-electron chi connectivity index (χ2n) is 6.30. The molecule has 1 fully saturated rings. The molecule has 1 heterocycles. The maximum Gasteiger partial charge on any atom is 0.407 e. The fraction of sp³-hybridized carbons (Fsp3) is 0.529. The molecule has 7 heteroatoms. The van der Waals surface area contributed by atoms with Crippen LogP contribution in [0.2, 0.25) is 5.02 Å². The molecule has 0 spiro atoms. The van der Waals surface area contributed by atoms with Gasteiger partial charge < -0.3 is 15.0 Å². The molecule has 1 aromatic carbocycles. The van der Waals surface area contributed by atoms with E-state index in [2.05, 4.69) is 5.32 Å². The second-order valence-corrected chi connectivity index (χ2v) is 6.71. The Hall–Kier alpha value is -1.82. The van der Waals surface area contributed by atoms with Crippen LogP contribution in [0.15, 0.2) is 18.2 Å². The quantitative estimate of drug-likeness (QED) is 0.898. The monoisotopic (exact) mass is 356 g/mol. The van der Waals surface area contributed by atoms with Crippen LogP contribution in [-0.4, -0.2) is 42.6 Å². The van der Waals surface area contributed by atoms with Crippen molar-refractivity contribution in [3.63, 3.8) is 0 Å². The molecular formula is C17H22ClFN2O3. The van der Waals surface area contributed by atoms with Gasteiger partial charge >= 0.3 is 6.09 Å². The van der Waals surface area contributed by atoms with Crippen LogP contribution in [0.4, 0.5) is 9.18 Å². The Balaban J connectivity index is 1.86. The van der Waals surface area contributed by atoms with Crippen molar-refractivity contribution in [3.05, 3.63) is 34.6 Å². The van der Waals surface area contributed by atoms with Crippen LogP contribution in [0.1, 0.15) is 37.0 Å². The van der Waals surface area contributed by atoms with Crippen molar-refractivity contribution in [2.75, 3.05) is 19.7 Å². The van der Waals surface area contributed by atoms with Gasteiger partial charge in [-0.2, -0.15) is 0 Å². The van der Waals surface area contributed by atoms with Gasteiger partial charge in [-0.05, 0) is 30.9 Å². The third kappa shape index (κ3) is 4.84. The number of piperidine rings is 1. The summed E-state index contributed by atoms with van der Waals surface area (Å²) in [4.78, 5) is 25.7. The van der Waals surface area contributed by atoms with Crippen molar-refractivity contribution in [1.29, 1.82) is 0 Å². The van der Waals surface area contributed by atoms with Crippen molar-refractivity contribution in [2.24, 2.45) is 5.92 Å². The zero-order valence-electron chi connectivity index (χ0n) is 13.9. The molecule has 1 aromatic rings. The van der Waals surface area contributed by atoms with Gasteiger partial charge in [-0.1, -0.05) is 31.5 Å². The molecule has 132 valence electrons. The number of carbonyl (C=O) groups excluding carboxylic acids is 2. The Morgan fingerprint density at radius 1 is 1.38 bits per heavy atom. The van der Waals surface area contributed by atoms with Crippen LogP contribution in [0.3, 0.4) is 0 Å². The van der Waals surface area contributed by atoms with Crippen molar-refractivity contribution in [1.82, 2.24) is 10.2 Å². The maximum absolute atomic E-state index is 13.8. The number of rotatable bonds is 4. The molecule has 0 bridgehead atoms. The fourth-order valence-corrected chi connectivity index (χ4v) is 2.78. The summed E-state index contributed by atoms with van der Waals surface area (Å²) in [5, 5.41) is 2.91. The number of hydrogen-bond acceptors (Lipinski definition) is 3. The van der Waals surface area contributed by atoms with Crippen molar-refractivity contribution < 1.29 is 18.7 Å². The van der Waals surface area contributed by atoms with Crippen molar-refractivity contribution in [3.8, 4) is 0 Å². The lowest BCUT2D eigenvalue weighted by molar-refractivity contribution is 0.0695. The Kier molecular flexibility index (Phi) is 6.43. The molecule has 0 aliphatic carbocycles. The predicted molar refractivity (Wildman–Crippen MR) is 89.7 cm³/mol. The largest absolute Gasteiger partial charge is 0.449 e. The molecule has 1 N–H and O–H groups in total. The van der Waals surface area contributed by atoms with E-state index in [1.165, 1.54) is 18.2 Å². The molecule has 1 aliphatic rings. The summed E-state index contributed by atoms with van der Waals surface area (Å²) in [6.45, 7) is 5.16. The molecule has 24 heavy (non-hydrogen) atoms. The highest BCUT2D eigenvalue weighted by atomic mass is 35.5. The third-order valence-corrected chi connectivity index (χ3v) is 4.14. The second kappa shape index (κ2) is 8.33. The number of amides is 2. The molecular weight excluding hydrogens is 335 g/mol. The smallest absolute Gasteiger partial charge is 0.407 e. The molecule has 0 aromatic heterocycles. The molecule has 0 radical (unpaired) electrons. The number of benzene rings is 1. The normalized spacial score (nSPS) is 15.5. The van der Waals surface area contributed by atoms with Crippen molar-refractivity contribution in [2.45, 2.75) is 32.7 Å². The number of alkyl carbamates (subject to hydrolysis) is 1. The number of ether oxygens (including phenoxy) is 1. The van der Waals surface area contributed by atoms with E-state index in [1.54, 1.807) is 4.90 Å². The Morgan fingerprint density at radius 3 is 2.62 bits per heavy atom. The molecule has 0 saturated carbocycles. The lowest BCUT2D eigenvalue weighted by Crippen LogP contribution is -2.47. The van der Waals surface area contributed by atoms with E-state index in [-0.39, 0.29) is 22.5 Å². The van der Waals surface area contributed by atoms with Crippen LogP contribution < -0.4 is 5.32 Å².